The molecule has 0 saturated carbocycles. The number of fused-ring (bicyclic) bond motifs is 1. The van der Waals surface area contributed by atoms with Crippen molar-refractivity contribution in [2.75, 3.05) is 20.3 Å². The second-order valence-corrected chi connectivity index (χ2v) is 12.9. The molecule has 0 saturated heterocycles. The molecule has 4 aromatic carbocycles. The predicted octanol–water partition coefficient (Wildman–Crippen LogP) is 6.56. The minimum Gasteiger partial charge on any atom is -0.494 e. The Morgan fingerprint density at radius 3 is 2.40 bits per heavy atom. The van der Waals surface area contributed by atoms with Crippen LogP contribution in [-0.2, 0) is 16.1 Å². The summed E-state index contributed by atoms with van der Waals surface area (Å²) in [5.41, 5.74) is 4.00. The highest BCUT2D eigenvalue weighted by molar-refractivity contribution is 9.10. The highest BCUT2D eigenvalue weighted by Gasteiger charge is 2.35. The third-order valence-corrected chi connectivity index (χ3v) is 9.47. The van der Waals surface area contributed by atoms with Gasteiger partial charge in [0.15, 0.2) is 16.3 Å². The minimum absolute atomic E-state index is 0.161. The molecule has 252 valence electrons. The molecule has 0 unspecified atom stereocenters. The van der Waals surface area contributed by atoms with Crippen LogP contribution < -0.4 is 29.1 Å². The summed E-state index contributed by atoms with van der Waals surface area (Å²) in [7, 11) is 1.55. The quantitative estimate of drug-likeness (QED) is 0.141. The number of hydrogen-bond donors (Lipinski definition) is 0. The fraction of sp³-hybridized carbons (Fsp3) is 0.179. The second kappa shape index (κ2) is 15.4. The largest absolute Gasteiger partial charge is 0.494 e. The zero-order valence-corrected chi connectivity index (χ0v) is 29.9. The lowest BCUT2D eigenvalue weighted by atomic mass is 9.93. The number of nitrogens with zero attached hydrogens (tertiary/aromatic N) is 3. The van der Waals surface area contributed by atoms with Crippen molar-refractivity contribution in [2.24, 2.45) is 4.99 Å². The van der Waals surface area contributed by atoms with E-state index in [-0.39, 0.29) is 24.3 Å². The molecule has 2 heterocycles. The van der Waals surface area contributed by atoms with Crippen LogP contribution in [0, 0.1) is 11.3 Å². The number of carbonyl (C=O) groups is 1. The number of nitriles is 1. The lowest BCUT2D eigenvalue weighted by molar-refractivity contribution is -0.138. The Labute approximate surface area is 301 Å². The fourth-order valence-corrected chi connectivity index (χ4v) is 7.19. The molecule has 50 heavy (non-hydrogen) atoms. The summed E-state index contributed by atoms with van der Waals surface area (Å²) in [6.45, 7) is 4.58. The highest BCUT2D eigenvalue weighted by Crippen LogP contribution is 2.38. The van der Waals surface area contributed by atoms with Gasteiger partial charge in [-0.1, -0.05) is 65.9 Å². The van der Waals surface area contributed by atoms with Gasteiger partial charge in [0.2, 0.25) is 0 Å². The number of hydrogen-bond acceptors (Lipinski definition) is 9. The zero-order chi connectivity index (χ0) is 35.2. The van der Waals surface area contributed by atoms with Crippen molar-refractivity contribution in [2.45, 2.75) is 26.5 Å². The molecule has 0 radical (unpaired) electrons. The van der Waals surface area contributed by atoms with Gasteiger partial charge in [-0.2, -0.15) is 5.26 Å². The van der Waals surface area contributed by atoms with Crippen molar-refractivity contribution in [3.05, 3.63) is 149 Å². The Hall–Kier alpha value is -5.44. The molecule has 1 aliphatic heterocycles. The number of methoxy groups -OCH3 is 1. The molecule has 9 nitrogen and oxygen atoms in total. The van der Waals surface area contributed by atoms with Gasteiger partial charge in [-0.05, 0) is 88.9 Å². The maximum absolute atomic E-state index is 14.3. The van der Waals surface area contributed by atoms with Gasteiger partial charge in [-0.25, -0.2) is 9.79 Å². The summed E-state index contributed by atoms with van der Waals surface area (Å²) in [5.74, 6) is 1.10. The molecule has 1 aliphatic rings. The number of halogens is 1. The van der Waals surface area contributed by atoms with E-state index in [0.717, 1.165) is 11.1 Å². The molecule has 0 aliphatic carbocycles. The number of benzene rings is 4. The van der Waals surface area contributed by atoms with Crippen molar-refractivity contribution < 1.29 is 23.7 Å². The summed E-state index contributed by atoms with van der Waals surface area (Å²) < 4.78 is 25.6. The molecule has 0 amide bonds. The first-order valence-electron chi connectivity index (χ1n) is 15.9. The average molecular weight is 751 g/mol. The van der Waals surface area contributed by atoms with E-state index >= 15 is 0 Å². The van der Waals surface area contributed by atoms with Crippen molar-refractivity contribution in [3.63, 3.8) is 0 Å². The van der Waals surface area contributed by atoms with E-state index in [4.69, 9.17) is 29.2 Å². The van der Waals surface area contributed by atoms with Crippen molar-refractivity contribution in [1.82, 2.24) is 4.57 Å². The standard InChI is InChI=1S/C39H32BrN3O6S/c1-4-47-29-17-15-28(16-18-29)35-33(38(45)48-5-2)34(27-9-7-6-8-10-27)42-39-43(35)37(44)32(50-39)21-26-19-30(40)36(31(20-26)46-3)49-23-25-13-11-24(22-41)12-14-25/h6-21,35H,4-5,23H2,1-3H3/b32-21-/t35-/m0/s1. The Morgan fingerprint density at radius 1 is 1.00 bits per heavy atom. The second-order valence-electron chi connectivity index (χ2n) is 11.1. The normalized spacial score (nSPS) is 14.0. The summed E-state index contributed by atoms with van der Waals surface area (Å²) >= 11 is 4.85. The molecule has 1 aromatic heterocycles. The van der Waals surface area contributed by atoms with Gasteiger partial charge in [0.25, 0.3) is 5.56 Å². The molecule has 0 spiro atoms. The fourth-order valence-electron chi connectivity index (χ4n) is 5.61. The van der Waals surface area contributed by atoms with Crippen LogP contribution in [0.15, 0.2) is 111 Å². The van der Waals surface area contributed by atoms with Crippen LogP contribution in [0.3, 0.4) is 0 Å². The average Bonchev–Trinajstić information content (AvgIpc) is 3.45. The van der Waals surface area contributed by atoms with Gasteiger partial charge < -0.3 is 18.9 Å². The zero-order valence-electron chi connectivity index (χ0n) is 27.5. The molecule has 6 rings (SSSR count). The van der Waals surface area contributed by atoms with Crippen LogP contribution in [0.1, 0.15) is 47.7 Å². The third kappa shape index (κ3) is 7.13. The molecular formula is C39H32BrN3O6S. The van der Waals surface area contributed by atoms with E-state index in [1.807, 2.05) is 79.7 Å². The number of thiazole rings is 1. The Kier molecular flexibility index (Phi) is 10.6. The first kappa shape index (κ1) is 34.4. The van der Waals surface area contributed by atoms with Gasteiger partial charge in [0.05, 0.1) is 58.3 Å². The smallest absolute Gasteiger partial charge is 0.338 e. The topological polar surface area (TPSA) is 112 Å². The summed E-state index contributed by atoms with van der Waals surface area (Å²) in [5, 5.41) is 9.08. The van der Waals surface area contributed by atoms with Crippen LogP contribution in [0.5, 0.6) is 17.2 Å². The van der Waals surface area contributed by atoms with Gasteiger partial charge in [0.1, 0.15) is 12.4 Å². The van der Waals surface area contributed by atoms with Crippen molar-refractivity contribution >= 4 is 45.0 Å². The van der Waals surface area contributed by atoms with Crippen molar-refractivity contribution in [3.8, 4) is 23.3 Å². The van der Waals surface area contributed by atoms with E-state index in [1.165, 1.54) is 11.3 Å². The molecule has 11 heteroatoms. The van der Waals surface area contributed by atoms with E-state index in [9.17, 15) is 9.59 Å². The Morgan fingerprint density at radius 2 is 1.74 bits per heavy atom. The molecule has 0 bridgehead atoms. The van der Waals surface area contributed by atoms with Gasteiger partial charge in [-0.15, -0.1) is 0 Å². The SMILES string of the molecule is CCOC(=O)C1=C(c2ccccc2)N=c2s/c(=C\c3cc(Br)c(OCc4ccc(C#N)cc4)c(OC)c3)c(=O)n2[C@H]1c1ccc(OCC)cc1. The number of aromatic nitrogens is 1. The predicted molar refractivity (Wildman–Crippen MR) is 195 cm³/mol. The summed E-state index contributed by atoms with van der Waals surface area (Å²) in [6, 6.07) is 28.9. The van der Waals surface area contributed by atoms with E-state index in [0.29, 0.717) is 60.0 Å². The number of esters is 1. The van der Waals surface area contributed by atoms with Crippen LogP contribution in [0.4, 0.5) is 0 Å². The van der Waals surface area contributed by atoms with Gasteiger partial charge in [0, 0.05) is 5.56 Å². The third-order valence-electron chi connectivity index (χ3n) is 7.90. The van der Waals surface area contributed by atoms with Gasteiger partial charge >= 0.3 is 5.97 Å². The summed E-state index contributed by atoms with van der Waals surface area (Å²) in [4.78, 5) is 33.4. The van der Waals surface area contributed by atoms with E-state index in [1.54, 1.807) is 42.9 Å². The lowest BCUT2D eigenvalue weighted by Crippen LogP contribution is -2.40. The summed E-state index contributed by atoms with van der Waals surface area (Å²) in [6.07, 6.45) is 1.77. The van der Waals surface area contributed by atoms with E-state index < -0.39 is 12.0 Å². The first-order chi connectivity index (χ1) is 24.3. The number of ether oxygens (including phenoxy) is 4. The Balaban J connectivity index is 1.47. The number of rotatable bonds is 11. The minimum atomic E-state index is -0.808. The molecular weight excluding hydrogens is 718 g/mol. The van der Waals surface area contributed by atoms with Crippen molar-refractivity contribution in [1.29, 1.82) is 5.26 Å². The monoisotopic (exact) mass is 749 g/mol. The van der Waals surface area contributed by atoms with Gasteiger partial charge in [-0.3, -0.25) is 9.36 Å². The molecule has 0 fully saturated rings. The molecule has 1 atom stereocenters. The lowest BCUT2D eigenvalue weighted by Gasteiger charge is -2.26. The maximum Gasteiger partial charge on any atom is 0.338 e. The highest BCUT2D eigenvalue weighted by atomic mass is 79.9. The molecule has 0 N–H and O–H groups in total. The first-order valence-corrected chi connectivity index (χ1v) is 17.5. The Bertz CT molecular complexity index is 2290. The number of carbonyl (C=O) groups excluding carboxylic acids is 1. The molecule has 5 aromatic rings. The maximum atomic E-state index is 14.3. The van der Waals surface area contributed by atoms with Crippen LogP contribution in [0.2, 0.25) is 0 Å². The van der Waals surface area contributed by atoms with Crippen LogP contribution in [0.25, 0.3) is 11.8 Å². The van der Waals surface area contributed by atoms with E-state index in [2.05, 4.69) is 22.0 Å². The van der Waals surface area contributed by atoms with Crippen LogP contribution in [-0.4, -0.2) is 30.9 Å². The van der Waals surface area contributed by atoms with Crippen LogP contribution >= 0.6 is 27.3 Å².